The maximum Gasteiger partial charge on any atom is 0.217 e. The number of hydrogen-bond donors (Lipinski definition) is 1. The quantitative estimate of drug-likeness (QED) is 0.827. The highest BCUT2D eigenvalue weighted by atomic mass is 32.2. The third-order valence-electron chi connectivity index (χ3n) is 4.05. The van der Waals surface area contributed by atoms with Crippen molar-refractivity contribution in [3.05, 3.63) is 40.7 Å². The summed E-state index contributed by atoms with van der Waals surface area (Å²) in [6.07, 6.45) is 4.54. The molecule has 0 saturated heterocycles. The van der Waals surface area contributed by atoms with E-state index in [-0.39, 0.29) is 5.91 Å². The number of amides is 1. The molecule has 1 amide bonds. The van der Waals surface area contributed by atoms with Gasteiger partial charge >= 0.3 is 0 Å². The smallest absolute Gasteiger partial charge is 0.217 e. The minimum absolute atomic E-state index is 0.307. The Bertz CT molecular complexity index is 695. The molecule has 1 aromatic heterocycles. The standard InChI is InChI=1S/C16H20N4OS/c1-20-15(8-7-14(17)21)18-19-16(20)22-10-11-5-6-12-3-2-4-13(12)9-11/h5-6,9H,2-4,7-8,10H2,1H3,(H2,17,21). The lowest BCUT2D eigenvalue weighted by Gasteiger charge is -2.05. The van der Waals surface area contributed by atoms with Gasteiger partial charge in [0.1, 0.15) is 5.82 Å². The minimum atomic E-state index is -0.310. The first-order valence-electron chi connectivity index (χ1n) is 7.53. The Morgan fingerprint density at radius 1 is 1.32 bits per heavy atom. The van der Waals surface area contributed by atoms with Crippen molar-refractivity contribution in [1.82, 2.24) is 14.8 Å². The van der Waals surface area contributed by atoms with Crippen LogP contribution in [0.15, 0.2) is 23.4 Å². The van der Waals surface area contributed by atoms with Crippen LogP contribution in [-0.2, 0) is 36.9 Å². The Morgan fingerprint density at radius 3 is 2.95 bits per heavy atom. The van der Waals surface area contributed by atoms with Crippen LogP contribution < -0.4 is 5.73 Å². The third-order valence-corrected chi connectivity index (χ3v) is 5.14. The van der Waals surface area contributed by atoms with Crippen molar-refractivity contribution in [2.24, 2.45) is 12.8 Å². The second kappa shape index (κ2) is 6.52. The van der Waals surface area contributed by atoms with Gasteiger partial charge in [0, 0.05) is 25.6 Å². The predicted octanol–water partition coefficient (Wildman–Crippen LogP) is 2.01. The molecular weight excluding hydrogens is 296 g/mol. The molecule has 0 fully saturated rings. The van der Waals surface area contributed by atoms with Gasteiger partial charge in [-0.25, -0.2) is 0 Å². The average Bonchev–Trinajstić information content (AvgIpc) is 3.09. The average molecular weight is 316 g/mol. The first-order valence-corrected chi connectivity index (χ1v) is 8.52. The summed E-state index contributed by atoms with van der Waals surface area (Å²) in [5, 5.41) is 9.22. The molecule has 2 aromatic rings. The zero-order valence-corrected chi connectivity index (χ0v) is 13.5. The molecule has 1 aromatic carbocycles. The molecule has 0 saturated carbocycles. The molecule has 116 valence electrons. The number of aryl methyl sites for hydroxylation is 3. The minimum Gasteiger partial charge on any atom is -0.370 e. The van der Waals surface area contributed by atoms with Gasteiger partial charge in [0.05, 0.1) is 0 Å². The monoisotopic (exact) mass is 316 g/mol. The van der Waals surface area contributed by atoms with Crippen molar-refractivity contribution in [1.29, 1.82) is 0 Å². The van der Waals surface area contributed by atoms with E-state index in [4.69, 9.17) is 5.73 Å². The van der Waals surface area contributed by atoms with Crippen molar-refractivity contribution in [3.8, 4) is 0 Å². The molecule has 1 aliphatic carbocycles. The van der Waals surface area contributed by atoms with E-state index in [1.165, 1.54) is 36.0 Å². The van der Waals surface area contributed by atoms with E-state index in [2.05, 4.69) is 28.4 Å². The van der Waals surface area contributed by atoms with Crippen molar-refractivity contribution < 1.29 is 4.79 Å². The summed E-state index contributed by atoms with van der Waals surface area (Å²) in [7, 11) is 1.93. The highest BCUT2D eigenvalue weighted by molar-refractivity contribution is 7.98. The van der Waals surface area contributed by atoms with Gasteiger partial charge in [0.15, 0.2) is 5.16 Å². The second-order valence-electron chi connectivity index (χ2n) is 5.67. The van der Waals surface area contributed by atoms with Crippen LogP contribution in [0, 0.1) is 0 Å². The van der Waals surface area contributed by atoms with Crippen LogP contribution >= 0.6 is 11.8 Å². The predicted molar refractivity (Wildman–Crippen MR) is 86.5 cm³/mol. The SMILES string of the molecule is Cn1c(CCC(N)=O)nnc1SCc1ccc2c(c1)CCC2. The molecule has 5 nitrogen and oxygen atoms in total. The molecule has 6 heteroatoms. The summed E-state index contributed by atoms with van der Waals surface area (Å²) in [4.78, 5) is 10.9. The molecule has 0 spiro atoms. The fourth-order valence-corrected chi connectivity index (χ4v) is 3.66. The molecule has 1 heterocycles. The number of rotatable bonds is 6. The van der Waals surface area contributed by atoms with E-state index < -0.39 is 0 Å². The fraction of sp³-hybridized carbons (Fsp3) is 0.438. The molecule has 22 heavy (non-hydrogen) atoms. The Kier molecular flexibility index (Phi) is 4.47. The van der Waals surface area contributed by atoms with E-state index in [0.717, 1.165) is 16.7 Å². The Balaban J connectivity index is 1.63. The Hall–Kier alpha value is -1.82. The first-order chi connectivity index (χ1) is 10.6. The lowest BCUT2D eigenvalue weighted by atomic mass is 10.1. The largest absolute Gasteiger partial charge is 0.370 e. The summed E-state index contributed by atoms with van der Waals surface area (Å²) in [6.45, 7) is 0. The number of hydrogen-bond acceptors (Lipinski definition) is 4. The topological polar surface area (TPSA) is 73.8 Å². The highest BCUT2D eigenvalue weighted by Gasteiger charge is 2.13. The lowest BCUT2D eigenvalue weighted by molar-refractivity contribution is -0.118. The van der Waals surface area contributed by atoms with E-state index in [1.807, 2.05) is 11.6 Å². The number of carbonyl (C=O) groups is 1. The van der Waals surface area contributed by atoms with Crippen LogP contribution in [0.25, 0.3) is 0 Å². The summed E-state index contributed by atoms with van der Waals surface area (Å²) in [5.74, 6) is 1.38. The molecule has 0 unspecified atom stereocenters. The van der Waals surface area contributed by atoms with Gasteiger partial charge < -0.3 is 10.3 Å². The molecule has 0 bridgehead atoms. The maximum atomic E-state index is 10.9. The van der Waals surface area contributed by atoms with Gasteiger partial charge in [-0.1, -0.05) is 30.0 Å². The van der Waals surface area contributed by atoms with Crippen LogP contribution in [0.1, 0.15) is 35.4 Å². The van der Waals surface area contributed by atoms with Crippen molar-refractivity contribution >= 4 is 17.7 Å². The van der Waals surface area contributed by atoms with Gasteiger partial charge in [0.2, 0.25) is 5.91 Å². The van der Waals surface area contributed by atoms with Gasteiger partial charge in [-0.2, -0.15) is 0 Å². The summed E-state index contributed by atoms with van der Waals surface area (Å²) < 4.78 is 1.95. The van der Waals surface area contributed by atoms with Gasteiger partial charge in [0.25, 0.3) is 0 Å². The Labute approximate surface area is 134 Å². The molecular formula is C16H20N4OS. The third kappa shape index (κ3) is 3.32. The number of nitrogens with two attached hydrogens (primary N) is 1. The number of nitrogens with zero attached hydrogens (tertiary/aromatic N) is 3. The maximum absolute atomic E-state index is 10.9. The number of carbonyl (C=O) groups excluding carboxylic acids is 1. The van der Waals surface area contributed by atoms with Gasteiger partial charge in [-0.3, -0.25) is 4.79 Å². The molecule has 0 radical (unpaired) electrons. The fourth-order valence-electron chi connectivity index (χ4n) is 2.79. The number of benzene rings is 1. The highest BCUT2D eigenvalue weighted by Crippen LogP contribution is 2.26. The zero-order chi connectivity index (χ0) is 15.5. The first kappa shape index (κ1) is 15.1. The van der Waals surface area contributed by atoms with Crippen molar-refractivity contribution in [2.75, 3.05) is 0 Å². The van der Waals surface area contributed by atoms with Crippen LogP contribution in [0.4, 0.5) is 0 Å². The van der Waals surface area contributed by atoms with Crippen LogP contribution in [0.5, 0.6) is 0 Å². The van der Waals surface area contributed by atoms with E-state index in [0.29, 0.717) is 12.8 Å². The van der Waals surface area contributed by atoms with E-state index in [9.17, 15) is 4.79 Å². The Morgan fingerprint density at radius 2 is 2.14 bits per heavy atom. The van der Waals surface area contributed by atoms with Crippen LogP contribution in [0.3, 0.4) is 0 Å². The molecule has 0 atom stereocenters. The normalized spacial score (nSPS) is 13.3. The van der Waals surface area contributed by atoms with Gasteiger partial charge in [-0.15, -0.1) is 10.2 Å². The number of aromatic nitrogens is 3. The lowest BCUT2D eigenvalue weighted by Crippen LogP contribution is -2.12. The second-order valence-corrected chi connectivity index (χ2v) is 6.61. The van der Waals surface area contributed by atoms with Crippen molar-refractivity contribution in [3.63, 3.8) is 0 Å². The summed E-state index contributed by atoms with van der Waals surface area (Å²) in [6, 6.07) is 6.79. The van der Waals surface area contributed by atoms with Crippen LogP contribution in [0.2, 0.25) is 0 Å². The number of thioether (sulfide) groups is 1. The van der Waals surface area contributed by atoms with E-state index in [1.54, 1.807) is 11.8 Å². The van der Waals surface area contributed by atoms with Gasteiger partial charge in [-0.05, 0) is 36.0 Å². The molecule has 2 N–H and O–H groups in total. The van der Waals surface area contributed by atoms with E-state index >= 15 is 0 Å². The molecule has 0 aliphatic heterocycles. The van der Waals surface area contributed by atoms with Crippen LogP contribution in [-0.4, -0.2) is 20.7 Å². The number of primary amides is 1. The number of fused-ring (bicyclic) bond motifs is 1. The molecule has 1 aliphatic rings. The summed E-state index contributed by atoms with van der Waals surface area (Å²) >= 11 is 1.67. The van der Waals surface area contributed by atoms with Crippen molar-refractivity contribution in [2.45, 2.75) is 43.0 Å². The molecule has 3 rings (SSSR count). The zero-order valence-electron chi connectivity index (χ0n) is 12.7. The summed E-state index contributed by atoms with van der Waals surface area (Å²) in [5.41, 5.74) is 9.50.